The van der Waals surface area contributed by atoms with Crippen molar-refractivity contribution in [2.45, 2.75) is 138 Å². The van der Waals surface area contributed by atoms with Crippen molar-refractivity contribution >= 4 is 44.6 Å². The van der Waals surface area contributed by atoms with Gasteiger partial charge < -0.3 is 20.3 Å². The Labute approximate surface area is 350 Å². The van der Waals surface area contributed by atoms with E-state index in [4.69, 9.17) is 9.72 Å². The molecule has 1 spiro atoms. The maximum absolute atomic E-state index is 15.1. The number of fused-ring (bicyclic) bond motifs is 5. The van der Waals surface area contributed by atoms with Gasteiger partial charge in [-0.1, -0.05) is 68.2 Å². The number of halogens is 1. The van der Waals surface area contributed by atoms with Gasteiger partial charge >= 0.3 is 0 Å². The van der Waals surface area contributed by atoms with Crippen LogP contribution in [0.5, 0.6) is 5.75 Å². The first kappa shape index (κ1) is 40.6. The van der Waals surface area contributed by atoms with Crippen LogP contribution in [0.2, 0.25) is 0 Å². The smallest absolute Gasteiger partial charge is 0.259 e. The quantitative estimate of drug-likeness (QED) is 0.238. The molecule has 14 heteroatoms. The zero-order valence-corrected chi connectivity index (χ0v) is 35.0. The van der Waals surface area contributed by atoms with Gasteiger partial charge in [0.1, 0.15) is 34.4 Å². The number of carbonyl (C=O) groups is 4. The zero-order valence-electron chi connectivity index (χ0n) is 34.1. The molecular weight excluding hydrogens is 786 g/mol. The molecule has 4 fully saturated rings. The van der Waals surface area contributed by atoms with Gasteiger partial charge in [-0.2, -0.15) is 0 Å². The number of rotatable bonds is 7. The van der Waals surface area contributed by atoms with E-state index in [1.165, 1.54) is 12.1 Å². The highest BCUT2D eigenvalue weighted by atomic mass is 32.2. The van der Waals surface area contributed by atoms with Gasteiger partial charge in [-0.25, -0.2) is 17.8 Å². The van der Waals surface area contributed by atoms with Crippen LogP contribution >= 0.6 is 0 Å². The van der Waals surface area contributed by atoms with Crippen molar-refractivity contribution in [1.29, 1.82) is 0 Å². The number of amides is 4. The fourth-order valence-electron chi connectivity index (χ4n) is 10.0. The van der Waals surface area contributed by atoms with Crippen LogP contribution in [0.15, 0.2) is 60.7 Å². The van der Waals surface area contributed by atoms with Gasteiger partial charge in [0, 0.05) is 47.2 Å². The van der Waals surface area contributed by atoms with E-state index in [2.05, 4.69) is 15.4 Å². The van der Waals surface area contributed by atoms with E-state index >= 15 is 4.79 Å². The lowest BCUT2D eigenvalue weighted by molar-refractivity contribution is -0.144. The van der Waals surface area contributed by atoms with Crippen molar-refractivity contribution in [1.82, 2.24) is 25.2 Å². The molecular formula is C46H54FN5O7S. The monoisotopic (exact) mass is 839 g/mol. The van der Waals surface area contributed by atoms with Crippen molar-refractivity contribution in [2.75, 3.05) is 6.54 Å². The van der Waals surface area contributed by atoms with Crippen molar-refractivity contribution in [3.05, 3.63) is 72.1 Å². The summed E-state index contributed by atoms with van der Waals surface area (Å²) < 4.78 is 49.7. The number of nitrogens with zero attached hydrogens (tertiary/aromatic N) is 2. The third-order valence-corrected chi connectivity index (χ3v) is 16.2. The second-order valence-corrected chi connectivity index (χ2v) is 20.6. The number of para-hydroxylation sites is 1. The largest absolute Gasteiger partial charge is 0.483 e. The molecule has 0 unspecified atom stereocenters. The number of pyridine rings is 1. The fraction of sp³-hybridized carbons (Fsp3) is 0.543. The fourth-order valence-corrected chi connectivity index (χ4v) is 11.3. The van der Waals surface area contributed by atoms with Gasteiger partial charge in [0.15, 0.2) is 0 Å². The molecule has 1 aromatic heterocycles. The SMILES string of the molecule is CC1(S(=O)(=O)NC(=O)[C@@]23C[C@H]2/C=C\CCCCC[C@H](CC(=O)NC2CCCC2)C(=O)N2C[C@@]4(CCc5c(c(-c6cccc(F)c6)nc6ccccc56)O4)C[C@H]2C(=O)N3)CC1. The number of carbonyl (C=O) groups excluding carboxylic acids is 4. The summed E-state index contributed by atoms with van der Waals surface area (Å²) in [6, 6.07) is 12.9. The Kier molecular flexibility index (Phi) is 10.5. The van der Waals surface area contributed by atoms with E-state index in [9.17, 15) is 27.2 Å². The van der Waals surface area contributed by atoms with Gasteiger partial charge in [-0.3, -0.25) is 23.9 Å². The molecule has 318 valence electrons. The van der Waals surface area contributed by atoms with Crippen molar-refractivity contribution < 1.29 is 36.7 Å². The maximum Gasteiger partial charge on any atom is 0.259 e. The van der Waals surface area contributed by atoms with Crippen molar-refractivity contribution in [3.63, 3.8) is 0 Å². The third kappa shape index (κ3) is 7.68. The number of hydrogen-bond donors (Lipinski definition) is 3. The van der Waals surface area contributed by atoms with Gasteiger partial charge in [-0.15, -0.1) is 0 Å². The Morgan fingerprint density at radius 1 is 0.983 bits per heavy atom. The van der Waals surface area contributed by atoms with E-state index < -0.39 is 61.4 Å². The lowest BCUT2D eigenvalue weighted by atomic mass is 9.86. The Morgan fingerprint density at radius 2 is 1.77 bits per heavy atom. The lowest BCUT2D eigenvalue weighted by Gasteiger charge is -2.37. The summed E-state index contributed by atoms with van der Waals surface area (Å²) in [5.74, 6) is -2.97. The topological polar surface area (TPSA) is 164 Å². The third-order valence-electron chi connectivity index (χ3n) is 14.1. The summed E-state index contributed by atoms with van der Waals surface area (Å²) in [5.41, 5.74) is 0.0291. The highest BCUT2D eigenvalue weighted by molar-refractivity contribution is 7.91. The summed E-state index contributed by atoms with van der Waals surface area (Å²) in [6.45, 7) is 1.64. The Bertz CT molecular complexity index is 2380. The second kappa shape index (κ2) is 15.6. The molecule has 5 atom stereocenters. The highest BCUT2D eigenvalue weighted by Crippen LogP contribution is 2.50. The van der Waals surface area contributed by atoms with Gasteiger partial charge in [0.2, 0.25) is 27.7 Å². The molecule has 4 heterocycles. The first-order valence-electron chi connectivity index (χ1n) is 21.8. The summed E-state index contributed by atoms with van der Waals surface area (Å²) in [4.78, 5) is 64.1. The Balaban J connectivity index is 1.08. The molecule has 0 bridgehead atoms. The molecule has 3 saturated carbocycles. The van der Waals surface area contributed by atoms with Crippen molar-refractivity contribution in [2.24, 2.45) is 11.8 Å². The standard InChI is InChI=1S/C46H54FN5O7S/c1-44(22-23-44)60(57,58)51-43(56)46-26-31(46)14-6-4-2-3-5-12-30(25-38(53)48-33-16-7-8-17-33)42(55)52-28-45(27-37(52)41(54)50-46)21-20-35-34-18-9-10-19-36(34)49-39(40(35)59-45)29-13-11-15-32(47)24-29/h6,9-11,13-15,18-19,24,30-31,33,37H,2-5,7-8,12,16-17,20-23,25-28H2,1H3,(H,48,53)(H,50,54)(H,51,56)/b14-6-/t30-,31-,37+,45-,46-/m1/s1. The number of allylic oxidation sites excluding steroid dienone is 1. The first-order chi connectivity index (χ1) is 28.8. The second-order valence-electron chi connectivity index (χ2n) is 18.4. The molecule has 9 rings (SSSR count). The van der Waals surface area contributed by atoms with Crippen LogP contribution in [0.1, 0.15) is 109 Å². The summed E-state index contributed by atoms with van der Waals surface area (Å²) >= 11 is 0. The highest BCUT2D eigenvalue weighted by Gasteiger charge is 2.64. The minimum Gasteiger partial charge on any atom is -0.483 e. The molecule has 0 radical (unpaired) electrons. The molecule has 3 N–H and O–H groups in total. The molecule has 3 aliphatic heterocycles. The predicted octanol–water partition coefficient (Wildman–Crippen LogP) is 6.16. The molecule has 6 aliphatic rings. The van der Waals surface area contributed by atoms with Gasteiger partial charge in [0.05, 0.1) is 16.8 Å². The molecule has 12 nitrogen and oxygen atoms in total. The van der Waals surface area contributed by atoms with Crippen molar-refractivity contribution in [3.8, 4) is 17.0 Å². The Morgan fingerprint density at radius 3 is 2.55 bits per heavy atom. The van der Waals surface area contributed by atoms with E-state index in [-0.39, 0.29) is 43.7 Å². The number of aryl methyl sites for hydroxylation is 1. The molecule has 60 heavy (non-hydrogen) atoms. The normalized spacial score (nSPS) is 29.6. The summed E-state index contributed by atoms with van der Waals surface area (Å²) in [6.07, 6.45) is 13.5. The summed E-state index contributed by atoms with van der Waals surface area (Å²) in [5, 5.41) is 7.03. The predicted molar refractivity (Wildman–Crippen MR) is 223 cm³/mol. The van der Waals surface area contributed by atoms with E-state index in [1.807, 2.05) is 36.4 Å². The molecule has 3 aliphatic carbocycles. The van der Waals surface area contributed by atoms with Crippen LogP contribution in [0.4, 0.5) is 4.39 Å². The first-order valence-corrected chi connectivity index (χ1v) is 23.3. The van der Waals surface area contributed by atoms with E-state index in [0.717, 1.165) is 61.4 Å². The van der Waals surface area contributed by atoms with Crippen LogP contribution in [0.25, 0.3) is 22.2 Å². The van der Waals surface area contributed by atoms with Crippen LogP contribution in [0, 0.1) is 17.7 Å². The minimum absolute atomic E-state index is 0.0125. The maximum atomic E-state index is 15.1. The number of sulfonamides is 1. The minimum atomic E-state index is -4.01. The Hall–Kier alpha value is -4.85. The number of benzene rings is 2. The zero-order chi connectivity index (χ0) is 41.9. The van der Waals surface area contributed by atoms with Gasteiger partial charge in [0.25, 0.3) is 5.91 Å². The molecule has 4 amide bonds. The molecule has 3 aromatic rings. The van der Waals surface area contributed by atoms with Crippen LogP contribution in [-0.4, -0.2) is 76.4 Å². The average Bonchev–Trinajstić information content (AvgIpc) is 4.02. The molecule has 1 saturated heterocycles. The lowest BCUT2D eigenvalue weighted by Crippen LogP contribution is -2.57. The van der Waals surface area contributed by atoms with E-state index in [1.54, 1.807) is 24.0 Å². The molecule has 2 aromatic carbocycles. The van der Waals surface area contributed by atoms with E-state index in [0.29, 0.717) is 55.5 Å². The average molecular weight is 840 g/mol. The summed E-state index contributed by atoms with van der Waals surface area (Å²) in [7, 11) is -4.01. The van der Waals surface area contributed by atoms with Crippen LogP contribution in [-0.2, 0) is 35.6 Å². The van der Waals surface area contributed by atoms with Crippen LogP contribution < -0.4 is 20.1 Å². The van der Waals surface area contributed by atoms with Gasteiger partial charge in [-0.05, 0) is 89.3 Å². The number of nitrogens with one attached hydrogen (secondary N) is 3. The number of aromatic nitrogens is 1. The number of ether oxygens (including phenoxy) is 1. The number of hydrogen-bond acceptors (Lipinski definition) is 8. The van der Waals surface area contributed by atoms with Crippen LogP contribution in [0.3, 0.4) is 0 Å².